The number of unbranched alkanes of at least 4 members (excludes halogenated alkanes) is 31. The minimum absolute atomic E-state index is 0.0363. The number of amides is 1. The second-order valence-corrected chi connectivity index (χ2v) is 23.3. The number of rotatable bonds is 55. The third-order valence-corrected chi connectivity index (χ3v) is 14.4. The molecule has 0 heterocycles. The van der Waals surface area contributed by atoms with Gasteiger partial charge >= 0.3 is 13.8 Å². The van der Waals surface area contributed by atoms with E-state index in [2.05, 4.69) is 74.7 Å². The van der Waals surface area contributed by atoms with Crippen LogP contribution in [0.5, 0.6) is 0 Å². The minimum Gasteiger partial charge on any atom is -0.456 e. The smallest absolute Gasteiger partial charge is 0.456 e. The molecule has 0 spiro atoms. The van der Waals surface area contributed by atoms with E-state index >= 15 is 0 Å². The van der Waals surface area contributed by atoms with Crippen molar-refractivity contribution in [1.29, 1.82) is 0 Å². The molecule has 73 heavy (non-hydrogen) atoms. The highest BCUT2D eigenvalue weighted by Crippen LogP contribution is 2.43. The SMILES string of the molecule is CCCCC/C=C\C/C=C\C/C=C\CCCCCCCCCCCCC(=O)NC(COP(=O)(O)OCC[N+](C)(C)C)C(/C=C\CCCCCCCCCCC)OC(=O)CCCCC/C=C\CCCCCCCC. The average molecular weight is 1050 g/mol. The molecular formula is C63H118N2O7P+. The van der Waals surface area contributed by atoms with Gasteiger partial charge in [0, 0.05) is 12.8 Å². The summed E-state index contributed by atoms with van der Waals surface area (Å²) in [6.07, 6.45) is 66.5. The van der Waals surface area contributed by atoms with Crippen molar-refractivity contribution in [2.75, 3.05) is 40.9 Å². The Morgan fingerprint density at radius 3 is 1.30 bits per heavy atom. The van der Waals surface area contributed by atoms with Gasteiger partial charge in [0.05, 0.1) is 33.8 Å². The van der Waals surface area contributed by atoms with Crippen molar-refractivity contribution in [1.82, 2.24) is 5.32 Å². The van der Waals surface area contributed by atoms with Gasteiger partial charge in [-0.2, -0.15) is 0 Å². The van der Waals surface area contributed by atoms with Gasteiger partial charge in [-0.1, -0.05) is 230 Å². The summed E-state index contributed by atoms with van der Waals surface area (Å²) in [7, 11) is 1.49. The van der Waals surface area contributed by atoms with E-state index in [1.165, 1.54) is 161 Å². The number of hydrogen-bond donors (Lipinski definition) is 2. The van der Waals surface area contributed by atoms with Gasteiger partial charge in [-0.15, -0.1) is 0 Å². The van der Waals surface area contributed by atoms with E-state index in [0.717, 1.165) is 77.0 Å². The fourth-order valence-electron chi connectivity index (χ4n) is 8.65. The van der Waals surface area contributed by atoms with Crippen LogP contribution in [0.2, 0.25) is 0 Å². The van der Waals surface area contributed by atoms with Crippen LogP contribution in [0.3, 0.4) is 0 Å². The molecule has 3 atom stereocenters. The fourth-order valence-corrected chi connectivity index (χ4v) is 9.38. The molecule has 10 heteroatoms. The van der Waals surface area contributed by atoms with Crippen molar-refractivity contribution in [2.24, 2.45) is 0 Å². The number of nitrogens with one attached hydrogen (secondary N) is 1. The topological polar surface area (TPSA) is 111 Å². The number of phosphoric ester groups is 1. The van der Waals surface area contributed by atoms with Gasteiger partial charge < -0.3 is 19.4 Å². The highest BCUT2D eigenvalue weighted by molar-refractivity contribution is 7.47. The Bertz CT molecular complexity index is 1440. The number of quaternary nitrogens is 1. The molecule has 0 radical (unpaired) electrons. The van der Waals surface area contributed by atoms with Crippen LogP contribution in [-0.4, -0.2) is 74.3 Å². The Morgan fingerprint density at radius 2 is 0.836 bits per heavy atom. The molecule has 0 aromatic heterocycles. The van der Waals surface area contributed by atoms with Gasteiger partial charge in [-0.05, 0) is 96.0 Å². The zero-order valence-corrected chi connectivity index (χ0v) is 49.5. The Kier molecular flexibility index (Phi) is 51.5. The quantitative estimate of drug-likeness (QED) is 0.0205. The molecule has 3 unspecified atom stereocenters. The predicted molar refractivity (Wildman–Crippen MR) is 314 cm³/mol. The molecule has 0 aromatic carbocycles. The van der Waals surface area contributed by atoms with Crippen molar-refractivity contribution in [3.05, 3.63) is 60.8 Å². The van der Waals surface area contributed by atoms with E-state index in [1.54, 1.807) is 0 Å². The van der Waals surface area contributed by atoms with Crippen molar-refractivity contribution in [3.63, 3.8) is 0 Å². The van der Waals surface area contributed by atoms with E-state index in [-0.39, 0.29) is 31.5 Å². The highest BCUT2D eigenvalue weighted by atomic mass is 31.2. The molecule has 0 saturated carbocycles. The first kappa shape index (κ1) is 70.7. The molecule has 0 aromatic rings. The summed E-state index contributed by atoms with van der Waals surface area (Å²) in [5.41, 5.74) is 0. The van der Waals surface area contributed by atoms with Gasteiger partial charge in [-0.25, -0.2) is 4.57 Å². The van der Waals surface area contributed by atoms with Crippen molar-refractivity contribution < 1.29 is 37.3 Å². The van der Waals surface area contributed by atoms with Crippen LogP contribution in [0, 0.1) is 0 Å². The van der Waals surface area contributed by atoms with E-state index in [0.29, 0.717) is 23.9 Å². The summed E-state index contributed by atoms with van der Waals surface area (Å²) < 4.78 is 30.6. The van der Waals surface area contributed by atoms with Crippen LogP contribution in [-0.2, 0) is 27.9 Å². The molecular weight excluding hydrogens is 928 g/mol. The molecule has 0 saturated heterocycles. The van der Waals surface area contributed by atoms with E-state index in [9.17, 15) is 19.0 Å². The zero-order chi connectivity index (χ0) is 53.6. The lowest BCUT2D eigenvalue weighted by Gasteiger charge is -2.27. The number of allylic oxidation sites excluding steroid dienone is 9. The monoisotopic (exact) mass is 1050 g/mol. The lowest BCUT2D eigenvalue weighted by Crippen LogP contribution is -2.47. The lowest BCUT2D eigenvalue weighted by molar-refractivity contribution is -0.870. The fraction of sp³-hybridized carbons (Fsp3) is 0.810. The standard InChI is InChI=1S/C63H117N2O7P/c1-7-10-13-16-19-22-25-27-28-29-30-31-32-33-34-35-36-38-40-43-46-49-52-55-62(66)64-60(59-71-73(68,69)70-58-57-65(4,5)6)61(54-51-48-45-42-39-24-21-18-15-12-9-3)72-63(67)56-53-50-47-44-41-37-26-23-20-17-14-11-8-2/h19,22,27-28,30-31,37,41,51,54,60-61H,7-18,20-21,23-26,29,32-36,38-40,42-50,52-53,55-59H2,1-6H3,(H-,64,66,68,69)/p+1/b22-19-,28-27-,31-30-,41-37-,54-51-. The third-order valence-electron chi connectivity index (χ3n) is 13.4. The summed E-state index contributed by atoms with van der Waals surface area (Å²) in [5.74, 6) is -0.525. The van der Waals surface area contributed by atoms with E-state index < -0.39 is 20.0 Å². The predicted octanol–water partition coefficient (Wildman–Crippen LogP) is 18.7. The number of likely N-dealkylation sites (N-methyl/N-ethyl adjacent to an activating group) is 1. The van der Waals surface area contributed by atoms with Crippen LogP contribution >= 0.6 is 7.82 Å². The number of phosphoric acid groups is 1. The first-order valence-corrected chi connectivity index (χ1v) is 32.1. The molecule has 2 N–H and O–H groups in total. The molecule has 0 aliphatic rings. The minimum atomic E-state index is -4.45. The first-order chi connectivity index (χ1) is 35.4. The van der Waals surface area contributed by atoms with E-state index in [4.69, 9.17) is 13.8 Å². The number of nitrogens with zero attached hydrogens (tertiary/aromatic N) is 1. The molecule has 0 bridgehead atoms. The molecule has 0 rings (SSSR count). The number of hydrogen-bond acceptors (Lipinski definition) is 6. The van der Waals surface area contributed by atoms with Gasteiger partial charge in [0.15, 0.2) is 0 Å². The maximum atomic E-state index is 13.5. The average Bonchev–Trinajstić information content (AvgIpc) is 3.35. The first-order valence-electron chi connectivity index (χ1n) is 30.6. The van der Waals surface area contributed by atoms with Gasteiger partial charge in [0.25, 0.3) is 0 Å². The van der Waals surface area contributed by atoms with Crippen LogP contribution < -0.4 is 5.32 Å². The summed E-state index contributed by atoms with van der Waals surface area (Å²) in [6, 6.07) is -0.856. The largest absolute Gasteiger partial charge is 0.472 e. The Hall–Kier alpha value is -2.29. The molecule has 1 amide bonds. The third kappa shape index (κ3) is 54.3. The number of carbonyl (C=O) groups excluding carboxylic acids is 2. The van der Waals surface area contributed by atoms with Crippen molar-refractivity contribution >= 4 is 19.7 Å². The summed E-state index contributed by atoms with van der Waals surface area (Å²) in [4.78, 5) is 37.6. The van der Waals surface area contributed by atoms with Gasteiger partial charge in [-0.3, -0.25) is 18.6 Å². The van der Waals surface area contributed by atoms with Crippen molar-refractivity contribution in [3.8, 4) is 0 Å². The summed E-state index contributed by atoms with van der Waals surface area (Å²) >= 11 is 0. The molecule has 0 fully saturated rings. The van der Waals surface area contributed by atoms with Crippen LogP contribution in [0.25, 0.3) is 0 Å². The maximum Gasteiger partial charge on any atom is 0.472 e. The summed E-state index contributed by atoms with van der Waals surface area (Å²) in [6.45, 7) is 6.97. The van der Waals surface area contributed by atoms with Crippen LogP contribution in [0.1, 0.15) is 278 Å². The van der Waals surface area contributed by atoms with Crippen molar-refractivity contribution in [2.45, 2.75) is 290 Å². The number of ether oxygens (including phenoxy) is 1. The molecule has 0 aliphatic carbocycles. The molecule has 426 valence electrons. The van der Waals surface area contributed by atoms with Crippen LogP contribution in [0.15, 0.2) is 60.8 Å². The molecule has 0 aliphatic heterocycles. The Morgan fingerprint density at radius 1 is 0.479 bits per heavy atom. The zero-order valence-electron chi connectivity index (χ0n) is 48.6. The van der Waals surface area contributed by atoms with Gasteiger partial charge in [0.1, 0.15) is 19.3 Å². The second kappa shape index (κ2) is 53.1. The Labute approximate surface area is 451 Å². The number of carbonyl (C=O) groups is 2. The second-order valence-electron chi connectivity index (χ2n) is 21.9. The Balaban J connectivity index is 5.17. The van der Waals surface area contributed by atoms with E-state index in [1.807, 2.05) is 33.3 Å². The van der Waals surface area contributed by atoms with Crippen LogP contribution in [0.4, 0.5) is 0 Å². The normalized spacial score (nSPS) is 14.1. The van der Waals surface area contributed by atoms with Gasteiger partial charge in [0.2, 0.25) is 5.91 Å². The summed E-state index contributed by atoms with van der Waals surface area (Å²) in [5, 5.41) is 3.05. The lowest BCUT2D eigenvalue weighted by atomic mass is 10.0. The number of esters is 1. The molecule has 9 nitrogen and oxygen atoms in total. The highest BCUT2D eigenvalue weighted by Gasteiger charge is 2.30. The maximum absolute atomic E-state index is 13.5.